The van der Waals surface area contributed by atoms with Gasteiger partial charge in [0, 0.05) is 12.2 Å². The number of aryl methyl sites for hydroxylation is 1. The molecule has 0 spiro atoms. The zero-order chi connectivity index (χ0) is 18.1. The van der Waals surface area contributed by atoms with Crippen molar-refractivity contribution in [2.45, 2.75) is 19.8 Å². The predicted octanol–water partition coefficient (Wildman–Crippen LogP) is 2.47. The summed E-state index contributed by atoms with van der Waals surface area (Å²) in [5.74, 6) is -0.230. The molecule has 2 rings (SSSR count). The minimum Gasteiger partial charge on any atom is -0.370 e. The quantitative estimate of drug-likeness (QED) is 0.411. The summed E-state index contributed by atoms with van der Waals surface area (Å²) in [6, 6.07) is 14.0. The maximum Gasteiger partial charge on any atom is 0.224 e. The van der Waals surface area contributed by atoms with Gasteiger partial charge >= 0.3 is 0 Å². The van der Waals surface area contributed by atoms with Crippen LogP contribution in [0, 0.1) is 5.82 Å². The number of aliphatic imine (C=N–C) groups is 1. The van der Waals surface area contributed by atoms with Crippen LogP contribution in [-0.4, -0.2) is 25.0 Å². The number of hydrogen-bond donors (Lipinski definition) is 3. The molecule has 0 aliphatic carbocycles. The first-order valence-electron chi connectivity index (χ1n) is 8.24. The third-order valence-corrected chi connectivity index (χ3v) is 3.60. The molecule has 0 bridgehead atoms. The second-order valence-electron chi connectivity index (χ2n) is 5.60. The molecule has 0 saturated carbocycles. The molecule has 0 aliphatic rings. The van der Waals surface area contributed by atoms with Crippen molar-refractivity contribution in [1.29, 1.82) is 0 Å². The minimum absolute atomic E-state index is 0.138. The van der Waals surface area contributed by atoms with Crippen molar-refractivity contribution in [3.63, 3.8) is 0 Å². The van der Waals surface area contributed by atoms with Crippen LogP contribution in [0.15, 0.2) is 53.5 Å². The van der Waals surface area contributed by atoms with Crippen molar-refractivity contribution in [3.8, 4) is 0 Å². The van der Waals surface area contributed by atoms with Crippen LogP contribution in [0.1, 0.15) is 18.1 Å². The van der Waals surface area contributed by atoms with E-state index in [4.69, 9.17) is 5.73 Å². The van der Waals surface area contributed by atoms with Gasteiger partial charge in [-0.25, -0.2) is 4.39 Å². The Hall–Kier alpha value is -2.89. The van der Waals surface area contributed by atoms with Crippen LogP contribution in [0.3, 0.4) is 0 Å². The lowest BCUT2D eigenvalue weighted by Crippen LogP contribution is -2.29. The summed E-state index contributed by atoms with van der Waals surface area (Å²) in [5, 5.41) is 5.73. The van der Waals surface area contributed by atoms with Crippen LogP contribution < -0.4 is 16.4 Å². The highest BCUT2D eigenvalue weighted by molar-refractivity contribution is 5.92. The third-order valence-electron chi connectivity index (χ3n) is 3.60. The van der Waals surface area contributed by atoms with Crippen molar-refractivity contribution in [3.05, 3.63) is 65.5 Å². The standard InChI is InChI=1S/C19H23FN4O/c1-2-14-6-8-17(9-7-14)24-19(21)23-11-10-22-18(25)13-15-4-3-5-16(20)12-15/h3-9,12H,2,10-11,13H2,1H3,(H,22,25)(H3,21,23,24). The van der Waals surface area contributed by atoms with Crippen molar-refractivity contribution in [2.75, 3.05) is 18.4 Å². The van der Waals surface area contributed by atoms with Gasteiger partial charge < -0.3 is 16.4 Å². The highest BCUT2D eigenvalue weighted by Crippen LogP contribution is 2.09. The average molecular weight is 342 g/mol. The van der Waals surface area contributed by atoms with Gasteiger partial charge in [0.25, 0.3) is 0 Å². The Labute approximate surface area is 147 Å². The normalized spacial score (nSPS) is 11.2. The molecule has 1 amide bonds. The average Bonchev–Trinajstić information content (AvgIpc) is 2.59. The third kappa shape index (κ3) is 6.63. The number of carbonyl (C=O) groups is 1. The topological polar surface area (TPSA) is 79.5 Å². The fourth-order valence-electron chi connectivity index (χ4n) is 2.28. The first-order valence-corrected chi connectivity index (χ1v) is 8.24. The van der Waals surface area contributed by atoms with Crippen LogP contribution in [0.4, 0.5) is 10.1 Å². The van der Waals surface area contributed by atoms with E-state index in [0.29, 0.717) is 24.6 Å². The Bertz CT molecular complexity index is 728. The predicted molar refractivity (Wildman–Crippen MR) is 99.0 cm³/mol. The van der Waals surface area contributed by atoms with E-state index in [1.54, 1.807) is 12.1 Å². The van der Waals surface area contributed by atoms with Crippen LogP contribution >= 0.6 is 0 Å². The van der Waals surface area contributed by atoms with Crippen LogP contribution in [0.5, 0.6) is 0 Å². The lowest BCUT2D eigenvalue weighted by molar-refractivity contribution is -0.120. The number of rotatable bonds is 7. The lowest BCUT2D eigenvalue weighted by Gasteiger charge is -2.07. The van der Waals surface area contributed by atoms with E-state index in [1.807, 2.05) is 24.3 Å². The molecule has 6 heteroatoms. The van der Waals surface area contributed by atoms with Gasteiger partial charge in [0.1, 0.15) is 5.82 Å². The van der Waals surface area contributed by atoms with Gasteiger partial charge in [-0.2, -0.15) is 0 Å². The number of nitrogens with two attached hydrogens (primary N) is 1. The SMILES string of the molecule is CCc1ccc(NC(N)=NCCNC(=O)Cc2cccc(F)c2)cc1. The molecular formula is C19H23FN4O. The molecule has 0 saturated heterocycles. The van der Waals surface area contributed by atoms with E-state index in [2.05, 4.69) is 22.5 Å². The molecule has 5 nitrogen and oxygen atoms in total. The molecule has 0 atom stereocenters. The van der Waals surface area contributed by atoms with Gasteiger partial charge in [0.05, 0.1) is 13.0 Å². The zero-order valence-corrected chi connectivity index (χ0v) is 14.3. The maximum absolute atomic E-state index is 13.1. The number of amides is 1. The summed E-state index contributed by atoms with van der Waals surface area (Å²) < 4.78 is 13.1. The van der Waals surface area contributed by atoms with Crippen LogP contribution in [0.25, 0.3) is 0 Å². The molecule has 0 radical (unpaired) electrons. The molecule has 2 aromatic carbocycles. The maximum atomic E-state index is 13.1. The number of benzene rings is 2. The number of anilines is 1. The highest BCUT2D eigenvalue weighted by Gasteiger charge is 2.03. The Morgan fingerprint density at radius 1 is 1.16 bits per heavy atom. The molecule has 2 aromatic rings. The van der Waals surface area contributed by atoms with Crippen molar-refractivity contribution >= 4 is 17.6 Å². The Morgan fingerprint density at radius 2 is 1.92 bits per heavy atom. The number of hydrogen-bond acceptors (Lipinski definition) is 2. The molecule has 132 valence electrons. The van der Waals surface area contributed by atoms with Gasteiger partial charge in [-0.3, -0.25) is 9.79 Å². The first-order chi connectivity index (χ1) is 12.1. The smallest absolute Gasteiger partial charge is 0.224 e. The summed E-state index contributed by atoms with van der Waals surface area (Å²) in [7, 11) is 0. The molecule has 0 heterocycles. The molecule has 4 N–H and O–H groups in total. The summed E-state index contributed by atoms with van der Waals surface area (Å²) in [5.41, 5.74) is 8.58. The fraction of sp³-hybridized carbons (Fsp3) is 0.263. The first kappa shape index (κ1) is 18.4. The van der Waals surface area contributed by atoms with Gasteiger partial charge in [-0.1, -0.05) is 31.2 Å². The Kier molecular flexibility index (Phi) is 6.95. The zero-order valence-electron chi connectivity index (χ0n) is 14.3. The number of nitrogens with zero attached hydrogens (tertiary/aromatic N) is 1. The molecule has 25 heavy (non-hydrogen) atoms. The monoisotopic (exact) mass is 342 g/mol. The van der Waals surface area contributed by atoms with E-state index >= 15 is 0 Å². The summed E-state index contributed by atoms with van der Waals surface area (Å²) in [6.45, 7) is 2.83. The van der Waals surface area contributed by atoms with Gasteiger partial charge in [-0.05, 0) is 41.8 Å². The van der Waals surface area contributed by atoms with Gasteiger partial charge in [-0.15, -0.1) is 0 Å². The van der Waals surface area contributed by atoms with Gasteiger partial charge in [0.2, 0.25) is 5.91 Å². The molecular weight excluding hydrogens is 319 g/mol. The Morgan fingerprint density at radius 3 is 2.60 bits per heavy atom. The van der Waals surface area contributed by atoms with Crippen LogP contribution in [0.2, 0.25) is 0 Å². The lowest BCUT2D eigenvalue weighted by atomic mass is 10.1. The second kappa shape index (κ2) is 9.42. The Balaban J connectivity index is 1.71. The number of nitrogens with one attached hydrogen (secondary N) is 2. The van der Waals surface area contributed by atoms with Crippen molar-refractivity contribution in [2.24, 2.45) is 10.7 Å². The summed E-state index contributed by atoms with van der Waals surface area (Å²) in [6.07, 6.45) is 1.12. The summed E-state index contributed by atoms with van der Waals surface area (Å²) in [4.78, 5) is 16.0. The fourth-order valence-corrected chi connectivity index (χ4v) is 2.28. The molecule has 0 unspecified atom stereocenters. The second-order valence-corrected chi connectivity index (χ2v) is 5.60. The van der Waals surface area contributed by atoms with Crippen LogP contribution in [-0.2, 0) is 17.6 Å². The molecule has 0 aromatic heterocycles. The van der Waals surface area contributed by atoms with Crippen molar-refractivity contribution < 1.29 is 9.18 Å². The van der Waals surface area contributed by atoms with E-state index in [-0.39, 0.29) is 18.1 Å². The number of halogens is 1. The summed E-state index contributed by atoms with van der Waals surface area (Å²) >= 11 is 0. The van der Waals surface area contributed by atoms with E-state index < -0.39 is 0 Å². The number of carbonyl (C=O) groups excluding carboxylic acids is 1. The van der Waals surface area contributed by atoms with E-state index in [9.17, 15) is 9.18 Å². The van der Waals surface area contributed by atoms with E-state index in [1.165, 1.54) is 17.7 Å². The molecule has 0 fully saturated rings. The highest BCUT2D eigenvalue weighted by atomic mass is 19.1. The van der Waals surface area contributed by atoms with Gasteiger partial charge in [0.15, 0.2) is 5.96 Å². The van der Waals surface area contributed by atoms with E-state index in [0.717, 1.165) is 12.1 Å². The minimum atomic E-state index is -0.347. The molecule has 0 aliphatic heterocycles. The van der Waals surface area contributed by atoms with Crippen molar-refractivity contribution in [1.82, 2.24) is 5.32 Å². The number of guanidine groups is 1. The largest absolute Gasteiger partial charge is 0.370 e.